The van der Waals surface area contributed by atoms with Crippen molar-refractivity contribution in [3.05, 3.63) is 101 Å². The van der Waals surface area contributed by atoms with E-state index < -0.39 is 36.4 Å². The Kier molecular flexibility index (Phi) is 11.0. The van der Waals surface area contributed by atoms with Gasteiger partial charge in [0.25, 0.3) is 0 Å². The molecule has 2 fully saturated rings. The third-order valence-electron chi connectivity index (χ3n) is 8.89. The van der Waals surface area contributed by atoms with E-state index in [4.69, 9.17) is 9.47 Å². The molecule has 3 N–H and O–H groups in total. The predicted molar refractivity (Wildman–Crippen MR) is 168 cm³/mol. The maximum absolute atomic E-state index is 13.1. The summed E-state index contributed by atoms with van der Waals surface area (Å²) < 4.78 is 52.2. The zero-order chi connectivity index (χ0) is 33.7. The minimum atomic E-state index is -5.06. The van der Waals surface area contributed by atoms with Crippen molar-refractivity contribution in [3.8, 4) is 0 Å². The Morgan fingerprint density at radius 3 is 2.43 bits per heavy atom. The predicted octanol–water partition coefficient (Wildman–Crippen LogP) is 5.27. The van der Waals surface area contributed by atoms with E-state index in [1.54, 1.807) is 24.3 Å². The van der Waals surface area contributed by atoms with E-state index in [1.807, 2.05) is 73.5 Å². The Balaban J connectivity index is 1.33. The zero-order valence-corrected chi connectivity index (χ0v) is 26.3. The summed E-state index contributed by atoms with van der Waals surface area (Å²) in [4.78, 5) is 27.6. The van der Waals surface area contributed by atoms with Crippen LogP contribution in [0, 0.1) is 0 Å². The smallest absolute Gasteiger partial charge is 0.392 e. The molecule has 3 aromatic carbocycles. The van der Waals surface area contributed by atoms with Crippen LogP contribution < -0.4 is 5.32 Å². The fourth-order valence-corrected chi connectivity index (χ4v) is 6.12. The van der Waals surface area contributed by atoms with Crippen LogP contribution >= 0.6 is 0 Å². The number of likely N-dealkylation sites (N-methyl/N-ethyl adjacent to an activating group) is 1. The normalized spacial score (nSPS) is 23.0. The molecule has 2 amide bonds. The van der Waals surface area contributed by atoms with Gasteiger partial charge in [-0.05, 0) is 55.6 Å². The number of nitrogens with zero attached hydrogens (tertiary/aromatic N) is 2. The lowest BCUT2D eigenvalue weighted by Crippen LogP contribution is -2.48. The molecule has 2 heterocycles. The van der Waals surface area contributed by atoms with Gasteiger partial charge in [0.2, 0.25) is 5.91 Å². The van der Waals surface area contributed by atoms with E-state index in [2.05, 4.69) is 5.32 Å². The van der Waals surface area contributed by atoms with Gasteiger partial charge in [-0.3, -0.25) is 14.5 Å². The fourth-order valence-electron chi connectivity index (χ4n) is 6.12. The Labute approximate surface area is 271 Å². The number of aliphatic hydroxyl groups is 2. The molecule has 0 spiro atoms. The third kappa shape index (κ3) is 8.38. The Morgan fingerprint density at radius 1 is 1.02 bits per heavy atom. The van der Waals surface area contributed by atoms with Gasteiger partial charge >= 0.3 is 12.1 Å². The van der Waals surface area contributed by atoms with Crippen LogP contribution in [0.5, 0.6) is 0 Å². The standard InChI is InChI=1S/C35H40F3N3O6/c1-22(31(43)25-8-4-3-5-9-25)40(2)20-28-19-30(24-15-13-23(21-42)14-16-24)47-33(46-28)26-10-6-11-27(18-26)39-32(44)29-12-7-17-41(29)34(45)35(36,37)38/h3-6,8-11,13-16,18,22,28-31,33,42-43H,7,12,17,19-21H2,1-2H3,(H,39,44)/t22-,28+,29+,30-,31-,33-/m1/s1. The van der Waals surface area contributed by atoms with Gasteiger partial charge in [-0.25, -0.2) is 0 Å². The number of hydrogen-bond donors (Lipinski definition) is 3. The van der Waals surface area contributed by atoms with E-state index in [1.165, 1.54) is 0 Å². The number of anilines is 1. The summed E-state index contributed by atoms with van der Waals surface area (Å²) in [7, 11) is 1.92. The van der Waals surface area contributed by atoms with Crippen LogP contribution in [0.4, 0.5) is 18.9 Å². The molecule has 6 atom stereocenters. The van der Waals surface area contributed by atoms with Crippen LogP contribution in [-0.2, 0) is 25.7 Å². The highest BCUT2D eigenvalue weighted by atomic mass is 19.4. The molecule has 2 saturated heterocycles. The molecule has 2 aliphatic rings. The van der Waals surface area contributed by atoms with E-state index in [-0.39, 0.29) is 37.8 Å². The van der Waals surface area contributed by atoms with Gasteiger partial charge in [-0.15, -0.1) is 0 Å². The number of benzene rings is 3. The van der Waals surface area contributed by atoms with Gasteiger partial charge in [0, 0.05) is 36.8 Å². The van der Waals surface area contributed by atoms with Gasteiger partial charge in [-0.2, -0.15) is 13.2 Å². The Bertz CT molecular complexity index is 1510. The highest BCUT2D eigenvalue weighted by Gasteiger charge is 2.47. The van der Waals surface area contributed by atoms with Crippen molar-refractivity contribution in [2.45, 2.75) is 75.7 Å². The second-order valence-corrected chi connectivity index (χ2v) is 12.2. The summed E-state index contributed by atoms with van der Waals surface area (Å²) in [5, 5.41) is 23.2. The fraction of sp³-hybridized carbons (Fsp3) is 0.429. The molecule has 0 aromatic heterocycles. The van der Waals surface area contributed by atoms with Crippen molar-refractivity contribution in [3.63, 3.8) is 0 Å². The largest absolute Gasteiger partial charge is 0.471 e. The summed E-state index contributed by atoms with van der Waals surface area (Å²) >= 11 is 0. The number of ether oxygens (including phenoxy) is 2. The number of hydrogen-bond acceptors (Lipinski definition) is 7. The van der Waals surface area contributed by atoms with Crippen LogP contribution in [0.1, 0.15) is 66.9 Å². The van der Waals surface area contributed by atoms with Gasteiger partial charge in [0.1, 0.15) is 6.04 Å². The van der Waals surface area contributed by atoms with E-state index in [9.17, 15) is 33.0 Å². The number of alkyl halides is 3. The monoisotopic (exact) mass is 655 g/mol. The number of halogens is 3. The SMILES string of the molecule is C[C@H]([C@@H](O)c1ccccc1)N(C)C[C@@H]1C[C@H](c2ccc(CO)cc2)O[C@H](c2cccc(NC(=O)[C@@H]3CCCN3C(=O)C(F)(F)F)c2)O1. The van der Waals surface area contributed by atoms with Crippen molar-refractivity contribution in [1.82, 2.24) is 9.80 Å². The quantitative estimate of drug-likeness (QED) is 0.273. The summed E-state index contributed by atoms with van der Waals surface area (Å²) in [6.45, 7) is 2.18. The first kappa shape index (κ1) is 34.5. The second kappa shape index (κ2) is 15.0. The number of rotatable bonds is 10. The first-order chi connectivity index (χ1) is 22.4. The molecule has 0 radical (unpaired) electrons. The minimum Gasteiger partial charge on any atom is -0.392 e. The molecule has 3 aromatic rings. The maximum Gasteiger partial charge on any atom is 0.471 e. The molecular formula is C35H40F3N3O6. The van der Waals surface area contributed by atoms with Crippen LogP contribution in [-0.4, -0.2) is 76.3 Å². The van der Waals surface area contributed by atoms with Crippen molar-refractivity contribution < 1.29 is 42.4 Å². The average molecular weight is 656 g/mol. The lowest BCUT2D eigenvalue weighted by Gasteiger charge is -2.39. The lowest BCUT2D eigenvalue weighted by molar-refractivity contribution is -0.253. The number of nitrogens with one attached hydrogen (secondary N) is 1. The van der Waals surface area contributed by atoms with E-state index >= 15 is 0 Å². The molecule has 0 saturated carbocycles. The molecule has 0 unspecified atom stereocenters. The van der Waals surface area contributed by atoms with Crippen molar-refractivity contribution in [2.24, 2.45) is 0 Å². The topological polar surface area (TPSA) is 112 Å². The van der Waals surface area contributed by atoms with E-state index in [0.29, 0.717) is 35.5 Å². The molecule has 47 heavy (non-hydrogen) atoms. The molecule has 0 bridgehead atoms. The van der Waals surface area contributed by atoms with Gasteiger partial charge in [0.15, 0.2) is 6.29 Å². The van der Waals surface area contributed by atoms with Crippen LogP contribution in [0.25, 0.3) is 0 Å². The van der Waals surface area contributed by atoms with Crippen LogP contribution in [0.2, 0.25) is 0 Å². The Morgan fingerprint density at radius 2 is 1.74 bits per heavy atom. The molecule has 12 heteroatoms. The average Bonchev–Trinajstić information content (AvgIpc) is 3.57. The number of aliphatic hydroxyl groups excluding tert-OH is 2. The molecular weight excluding hydrogens is 615 g/mol. The number of amides is 2. The van der Waals surface area contributed by atoms with Gasteiger partial charge < -0.3 is 29.9 Å². The highest BCUT2D eigenvalue weighted by molar-refractivity contribution is 5.98. The third-order valence-corrected chi connectivity index (χ3v) is 8.89. The van der Waals surface area contributed by atoms with Crippen molar-refractivity contribution in [1.29, 1.82) is 0 Å². The van der Waals surface area contributed by atoms with Gasteiger partial charge in [0.05, 0.1) is 24.9 Å². The zero-order valence-electron chi connectivity index (χ0n) is 26.3. The lowest BCUT2D eigenvalue weighted by atomic mass is 9.98. The van der Waals surface area contributed by atoms with Crippen LogP contribution in [0.3, 0.4) is 0 Å². The first-order valence-electron chi connectivity index (χ1n) is 15.7. The summed E-state index contributed by atoms with van der Waals surface area (Å²) in [6, 6.07) is 22.1. The molecule has 252 valence electrons. The van der Waals surface area contributed by atoms with Crippen molar-refractivity contribution >= 4 is 17.5 Å². The second-order valence-electron chi connectivity index (χ2n) is 12.2. The van der Waals surface area contributed by atoms with Gasteiger partial charge in [-0.1, -0.05) is 66.7 Å². The number of carbonyl (C=O) groups excluding carboxylic acids is 2. The molecule has 2 aliphatic heterocycles. The summed E-state index contributed by atoms with van der Waals surface area (Å²) in [5.41, 5.74) is 3.37. The summed E-state index contributed by atoms with van der Waals surface area (Å²) in [6.07, 6.45) is -6.42. The number of likely N-dealkylation sites (tertiary alicyclic amines) is 1. The minimum absolute atomic E-state index is 0.0892. The highest BCUT2D eigenvalue weighted by Crippen LogP contribution is 2.39. The Hall–Kier alpha value is -3.81. The van der Waals surface area contributed by atoms with Crippen molar-refractivity contribution in [2.75, 3.05) is 25.5 Å². The van der Waals surface area contributed by atoms with E-state index in [0.717, 1.165) is 16.7 Å². The molecule has 5 rings (SSSR count). The molecule has 9 nitrogen and oxygen atoms in total. The number of carbonyl (C=O) groups is 2. The van der Waals surface area contributed by atoms with Crippen LogP contribution in [0.15, 0.2) is 78.9 Å². The summed E-state index contributed by atoms with van der Waals surface area (Å²) in [5.74, 6) is -2.72. The first-order valence-corrected chi connectivity index (χ1v) is 15.7. The molecule has 0 aliphatic carbocycles. The maximum atomic E-state index is 13.1.